The summed E-state index contributed by atoms with van der Waals surface area (Å²) in [6.07, 6.45) is 0. The van der Waals surface area contributed by atoms with Crippen molar-refractivity contribution in [1.29, 1.82) is 0 Å². The van der Waals surface area contributed by atoms with Gasteiger partial charge in [-0.15, -0.1) is 0 Å². The van der Waals surface area contributed by atoms with E-state index in [0.717, 1.165) is 0 Å². The van der Waals surface area contributed by atoms with Gasteiger partial charge in [-0.1, -0.05) is 12.1 Å². The number of nitrogens with one attached hydrogen (secondary N) is 2. The van der Waals surface area contributed by atoms with E-state index in [1.807, 2.05) is 0 Å². The largest absolute Gasteiger partial charge is 0.370 e. The van der Waals surface area contributed by atoms with E-state index in [1.54, 1.807) is 19.2 Å². The number of hydrogen-bond acceptors (Lipinski definition) is 3. The van der Waals surface area contributed by atoms with Crippen LogP contribution in [0.4, 0.5) is 10.1 Å². The molecule has 2 N–H and O–H groups in total. The van der Waals surface area contributed by atoms with Crippen LogP contribution < -0.4 is 10.6 Å². The number of likely N-dealkylation sites (N-methyl/N-ethyl adjacent to an activating group) is 1. The van der Waals surface area contributed by atoms with Crippen molar-refractivity contribution in [3.63, 3.8) is 0 Å². The number of benzene rings is 1. The lowest BCUT2D eigenvalue weighted by Gasteiger charge is -2.06. The summed E-state index contributed by atoms with van der Waals surface area (Å²) < 4.78 is 18.2. The van der Waals surface area contributed by atoms with Crippen LogP contribution in [0.25, 0.3) is 0 Å². The summed E-state index contributed by atoms with van der Waals surface area (Å²) in [6, 6.07) is 6.01. The van der Waals surface area contributed by atoms with Gasteiger partial charge in [-0.3, -0.25) is 4.79 Å². The molecule has 88 valence electrons. The van der Waals surface area contributed by atoms with Crippen LogP contribution in [0.1, 0.15) is 0 Å². The maximum atomic E-state index is 13.1. The van der Waals surface area contributed by atoms with Crippen molar-refractivity contribution in [2.24, 2.45) is 0 Å². The number of ether oxygens (including phenoxy) is 1. The second-order valence-electron chi connectivity index (χ2n) is 3.18. The van der Waals surface area contributed by atoms with E-state index in [9.17, 15) is 9.18 Å². The third-order valence-corrected chi connectivity index (χ3v) is 1.88. The molecular formula is C11H15FN2O2. The first-order valence-corrected chi connectivity index (χ1v) is 5.00. The number of rotatable bonds is 6. The minimum Gasteiger partial charge on any atom is -0.370 e. The molecule has 1 aromatic rings. The van der Waals surface area contributed by atoms with Crippen LogP contribution in [-0.4, -0.2) is 32.7 Å². The first-order chi connectivity index (χ1) is 7.74. The summed E-state index contributed by atoms with van der Waals surface area (Å²) in [4.78, 5) is 11.3. The Morgan fingerprint density at radius 1 is 1.44 bits per heavy atom. The quantitative estimate of drug-likeness (QED) is 0.711. The molecule has 0 unspecified atom stereocenters. The van der Waals surface area contributed by atoms with Crippen molar-refractivity contribution in [3.05, 3.63) is 30.1 Å². The summed E-state index contributed by atoms with van der Waals surface area (Å²) in [5.41, 5.74) is 0.171. The van der Waals surface area contributed by atoms with Gasteiger partial charge in [0, 0.05) is 6.54 Å². The van der Waals surface area contributed by atoms with Crippen LogP contribution in [0.3, 0.4) is 0 Å². The van der Waals surface area contributed by atoms with Gasteiger partial charge >= 0.3 is 0 Å². The number of carbonyl (C=O) groups excluding carboxylic acids is 1. The fraction of sp³-hybridized carbons (Fsp3) is 0.364. The molecule has 0 aromatic heterocycles. The smallest absolute Gasteiger partial charge is 0.250 e. The maximum absolute atomic E-state index is 13.1. The van der Waals surface area contributed by atoms with E-state index >= 15 is 0 Å². The van der Waals surface area contributed by atoms with E-state index in [2.05, 4.69) is 10.6 Å². The van der Waals surface area contributed by atoms with Crippen LogP contribution in [0, 0.1) is 5.82 Å². The summed E-state index contributed by atoms with van der Waals surface area (Å²) in [7, 11) is 1.79. The minimum atomic E-state index is -0.453. The number of amides is 1. The van der Waals surface area contributed by atoms with Gasteiger partial charge < -0.3 is 15.4 Å². The van der Waals surface area contributed by atoms with Crippen molar-refractivity contribution in [2.75, 3.05) is 32.1 Å². The van der Waals surface area contributed by atoms with Crippen LogP contribution in [0.5, 0.6) is 0 Å². The molecule has 0 spiro atoms. The lowest BCUT2D eigenvalue weighted by atomic mass is 10.3. The van der Waals surface area contributed by atoms with Gasteiger partial charge in [0.1, 0.15) is 12.4 Å². The second-order valence-corrected chi connectivity index (χ2v) is 3.18. The maximum Gasteiger partial charge on any atom is 0.250 e. The van der Waals surface area contributed by atoms with Crippen molar-refractivity contribution in [1.82, 2.24) is 5.32 Å². The van der Waals surface area contributed by atoms with Crippen molar-refractivity contribution >= 4 is 11.6 Å². The average Bonchev–Trinajstić information content (AvgIpc) is 2.28. The van der Waals surface area contributed by atoms with Gasteiger partial charge in [-0.25, -0.2) is 4.39 Å². The molecule has 0 aliphatic heterocycles. The number of para-hydroxylation sites is 1. The van der Waals surface area contributed by atoms with Gasteiger partial charge in [0.15, 0.2) is 0 Å². The van der Waals surface area contributed by atoms with E-state index < -0.39 is 5.82 Å². The van der Waals surface area contributed by atoms with Crippen molar-refractivity contribution in [3.8, 4) is 0 Å². The van der Waals surface area contributed by atoms with Crippen molar-refractivity contribution in [2.45, 2.75) is 0 Å². The fourth-order valence-corrected chi connectivity index (χ4v) is 1.09. The summed E-state index contributed by atoms with van der Waals surface area (Å²) >= 11 is 0. The molecular weight excluding hydrogens is 211 g/mol. The Morgan fingerprint density at radius 3 is 2.88 bits per heavy atom. The van der Waals surface area contributed by atoms with Gasteiger partial charge in [0.2, 0.25) is 5.91 Å². The highest BCUT2D eigenvalue weighted by atomic mass is 19.1. The highest BCUT2D eigenvalue weighted by Gasteiger charge is 2.05. The third kappa shape index (κ3) is 4.37. The van der Waals surface area contributed by atoms with Crippen molar-refractivity contribution < 1.29 is 13.9 Å². The molecule has 0 aliphatic carbocycles. The van der Waals surface area contributed by atoms with Gasteiger partial charge in [0.25, 0.3) is 0 Å². The van der Waals surface area contributed by atoms with Crippen LogP contribution in [0.15, 0.2) is 24.3 Å². The predicted octanol–water partition coefficient (Wildman–Crippen LogP) is 1.00. The zero-order valence-electron chi connectivity index (χ0n) is 9.13. The lowest BCUT2D eigenvalue weighted by molar-refractivity contribution is -0.120. The Balaban J connectivity index is 2.32. The zero-order valence-corrected chi connectivity index (χ0v) is 9.13. The Morgan fingerprint density at radius 2 is 2.19 bits per heavy atom. The number of carbonyl (C=O) groups is 1. The second kappa shape index (κ2) is 6.92. The normalized spacial score (nSPS) is 10.1. The van der Waals surface area contributed by atoms with Crippen LogP contribution >= 0.6 is 0 Å². The molecule has 0 heterocycles. The topological polar surface area (TPSA) is 50.4 Å². The first kappa shape index (κ1) is 12.6. The molecule has 0 radical (unpaired) electrons. The fourth-order valence-electron chi connectivity index (χ4n) is 1.09. The standard InChI is InChI=1S/C11H15FN2O2/c1-13-6-7-16-8-11(15)14-10-5-3-2-4-9(10)12/h2-5,13H,6-8H2,1H3,(H,14,15). The Bertz CT molecular complexity index is 345. The van der Waals surface area contributed by atoms with E-state index in [4.69, 9.17) is 4.74 Å². The number of hydrogen-bond donors (Lipinski definition) is 2. The highest BCUT2D eigenvalue weighted by Crippen LogP contribution is 2.11. The molecule has 0 atom stereocenters. The number of anilines is 1. The van der Waals surface area contributed by atoms with E-state index in [-0.39, 0.29) is 18.2 Å². The molecule has 0 saturated carbocycles. The van der Waals surface area contributed by atoms with Gasteiger partial charge in [0.05, 0.1) is 12.3 Å². The van der Waals surface area contributed by atoms with Crippen LogP contribution in [-0.2, 0) is 9.53 Å². The summed E-state index contributed by atoms with van der Waals surface area (Å²) in [6.45, 7) is 1.05. The zero-order chi connectivity index (χ0) is 11.8. The predicted molar refractivity (Wildman–Crippen MR) is 59.8 cm³/mol. The molecule has 0 bridgehead atoms. The van der Waals surface area contributed by atoms with Gasteiger partial charge in [-0.05, 0) is 19.2 Å². The van der Waals surface area contributed by atoms with E-state index in [0.29, 0.717) is 13.2 Å². The molecule has 16 heavy (non-hydrogen) atoms. The summed E-state index contributed by atoms with van der Waals surface area (Å²) in [5.74, 6) is -0.813. The Hall–Kier alpha value is -1.46. The highest BCUT2D eigenvalue weighted by molar-refractivity contribution is 5.91. The van der Waals surface area contributed by atoms with Gasteiger partial charge in [-0.2, -0.15) is 0 Å². The molecule has 1 amide bonds. The van der Waals surface area contributed by atoms with E-state index in [1.165, 1.54) is 12.1 Å². The Labute approximate surface area is 93.8 Å². The molecule has 1 rings (SSSR count). The third-order valence-electron chi connectivity index (χ3n) is 1.88. The SMILES string of the molecule is CNCCOCC(=O)Nc1ccccc1F. The molecule has 4 nitrogen and oxygen atoms in total. The Kier molecular flexibility index (Phi) is 5.45. The number of halogens is 1. The minimum absolute atomic E-state index is 0.0734. The lowest BCUT2D eigenvalue weighted by Crippen LogP contribution is -2.22. The molecule has 1 aromatic carbocycles. The molecule has 0 aliphatic rings. The molecule has 0 saturated heterocycles. The first-order valence-electron chi connectivity index (χ1n) is 5.00. The average molecular weight is 226 g/mol. The summed E-state index contributed by atoms with van der Waals surface area (Å²) in [5, 5.41) is 5.31. The van der Waals surface area contributed by atoms with Crippen LogP contribution in [0.2, 0.25) is 0 Å². The molecule has 5 heteroatoms. The monoisotopic (exact) mass is 226 g/mol. The molecule has 0 fully saturated rings.